The number of benzene rings is 3. The standard InChI is InChI=1S/C15H10/c1-3-10-7-11-4-2-6-13-9-14(10)12(5-1)8-15(11)13/h1-6,8-9H,7H2. The van der Waals surface area contributed by atoms with Crippen LogP contribution in [0, 0.1) is 0 Å². The summed E-state index contributed by atoms with van der Waals surface area (Å²) in [5.74, 6) is 0. The van der Waals surface area contributed by atoms with Crippen LogP contribution in [-0.4, -0.2) is 0 Å². The number of hydrogen-bond acceptors (Lipinski definition) is 0. The van der Waals surface area contributed by atoms with Gasteiger partial charge in [0.1, 0.15) is 0 Å². The van der Waals surface area contributed by atoms with Crippen molar-refractivity contribution in [2.75, 3.05) is 0 Å². The highest BCUT2D eigenvalue weighted by molar-refractivity contribution is 6.03. The molecule has 2 aliphatic rings. The zero-order valence-electron chi connectivity index (χ0n) is 8.33. The van der Waals surface area contributed by atoms with Crippen molar-refractivity contribution in [2.45, 2.75) is 6.42 Å². The van der Waals surface area contributed by atoms with E-state index in [1.807, 2.05) is 0 Å². The molecule has 0 amide bonds. The van der Waals surface area contributed by atoms with E-state index in [9.17, 15) is 0 Å². The Balaban J connectivity index is 2.41. The molecule has 2 aliphatic carbocycles. The first-order valence-corrected chi connectivity index (χ1v) is 5.35. The normalized spacial score (nSPS) is 13.1. The van der Waals surface area contributed by atoms with Gasteiger partial charge in [-0.25, -0.2) is 0 Å². The van der Waals surface area contributed by atoms with E-state index in [0.29, 0.717) is 0 Å². The average Bonchev–Trinajstić information content (AvgIpc) is 2.42. The van der Waals surface area contributed by atoms with Gasteiger partial charge >= 0.3 is 0 Å². The number of hydrogen-bond donors (Lipinski definition) is 0. The van der Waals surface area contributed by atoms with Crippen molar-refractivity contribution < 1.29 is 0 Å². The van der Waals surface area contributed by atoms with Crippen LogP contribution in [0.3, 0.4) is 0 Å². The monoisotopic (exact) mass is 190 g/mol. The van der Waals surface area contributed by atoms with E-state index in [2.05, 4.69) is 48.5 Å². The van der Waals surface area contributed by atoms with Gasteiger partial charge in [0.15, 0.2) is 0 Å². The molecule has 0 saturated carbocycles. The van der Waals surface area contributed by atoms with E-state index in [4.69, 9.17) is 0 Å². The highest BCUT2D eigenvalue weighted by Gasteiger charge is 2.11. The summed E-state index contributed by atoms with van der Waals surface area (Å²) in [5.41, 5.74) is 2.92. The quantitative estimate of drug-likeness (QED) is 0.369. The fraction of sp³-hybridized carbons (Fsp3) is 0.0667. The minimum Gasteiger partial charge on any atom is -0.0613 e. The summed E-state index contributed by atoms with van der Waals surface area (Å²) in [5, 5.41) is 5.60. The third-order valence-corrected chi connectivity index (χ3v) is 3.44. The van der Waals surface area contributed by atoms with Crippen molar-refractivity contribution in [3.63, 3.8) is 0 Å². The van der Waals surface area contributed by atoms with Gasteiger partial charge in [0.25, 0.3) is 0 Å². The summed E-state index contributed by atoms with van der Waals surface area (Å²) in [4.78, 5) is 0. The maximum Gasteiger partial charge on any atom is -0.00135 e. The molecule has 0 fully saturated rings. The number of rotatable bonds is 0. The SMILES string of the molecule is c1cc2c3cc4cccc(c4cc3c1)C2. The molecule has 0 radical (unpaired) electrons. The van der Waals surface area contributed by atoms with Crippen LogP contribution in [0.15, 0.2) is 48.5 Å². The Morgan fingerprint density at radius 1 is 0.667 bits per heavy atom. The third-order valence-electron chi connectivity index (χ3n) is 3.44. The van der Waals surface area contributed by atoms with Crippen LogP contribution in [-0.2, 0) is 6.42 Å². The first kappa shape index (κ1) is 7.47. The fourth-order valence-corrected chi connectivity index (χ4v) is 2.69. The van der Waals surface area contributed by atoms with Crippen molar-refractivity contribution >= 4 is 21.5 Å². The van der Waals surface area contributed by atoms with Gasteiger partial charge < -0.3 is 0 Å². The van der Waals surface area contributed by atoms with E-state index < -0.39 is 0 Å². The maximum absolute atomic E-state index is 2.33. The maximum atomic E-state index is 2.33. The van der Waals surface area contributed by atoms with E-state index in [1.54, 1.807) is 0 Å². The van der Waals surface area contributed by atoms with E-state index in [0.717, 1.165) is 6.42 Å². The van der Waals surface area contributed by atoms with Crippen LogP contribution in [0.4, 0.5) is 0 Å². The molecular formula is C15H10. The summed E-state index contributed by atoms with van der Waals surface area (Å²) >= 11 is 0. The van der Waals surface area contributed by atoms with Crippen LogP contribution >= 0.6 is 0 Å². The van der Waals surface area contributed by atoms with Crippen molar-refractivity contribution in [3.05, 3.63) is 59.7 Å². The van der Waals surface area contributed by atoms with Crippen LogP contribution in [0.2, 0.25) is 0 Å². The lowest BCUT2D eigenvalue weighted by Gasteiger charge is -2.00. The smallest absolute Gasteiger partial charge is 0.00135 e. The lowest BCUT2D eigenvalue weighted by atomic mass is 10.0. The highest BCUT2D eigenvalue weighted by atomic mass is 14.2. The first-order chi connectivity index (χ1) is 7.42. The predicted molar refractivity (Wildman–Crippen MR) is 64.3 cm³/mol. The molecular weight excluding hydrogens is 180 g/mol. The highest BCUT2D eigenvalue weighted by Crippen LogP contribution is 2.33. The van der Waals surface area contributed by atoms with Gasteiger partial charge in [0.2, 0.25) is 0 Å². The van der Waals surface area contributed by atoms with Gasteiger partial charge in [-0.2, -0.15) is 0 Å². The molecule has 3 aromatic rings. The molecule has 0 saturated heterocycles. The van der Waals surface area contributed by atoms with E-state index >= 15 is 0 Å². The van der Waals surface area contributed by atoms with Crippen LogP contribution in [0.25, 0.3) is 21.5 Å². The van der Waals surface area contributed by atoms with Gasteiger partial charge in [-0.1, -0.05) is 36.4 Å². The molecule has 0 N–H and O–H groups in total. The molecule has 0 atom stereocenters. The van der Waals surface area contributed by atoms with Gasteiger partial charge in [-0.3, -0.25) is 0 Å². The molecule has 0 unspecified atom stereocenters. The molecule has 0 heterocycles. The van der Waals surface area contributed by atoms with Crippen LogP contribution in [0.1, 0.15) is 11.1 Å². The Labute approximate surface area is 88.2 Å². The summed E-state index contributed by atoms with van der Waals surface area (Å²) < 4.78 is 0. The molecule has 0 aliphatic heterocycles. The molecule has 0 aromatic heterocycles. The molecule has 15 heavy (non-hydrogen) atoms. The predicted octanol–water partition coefficient (Wildman–Crippen LogP) is 3.90. The molecule has 70 valence electrons. The van der Waals surface area contributed by atoms with Crippen molar-refractivity contribution in [3.8, 4) is 0 Å². The average molecular weight is 190 g/mol. The van der Waals surface area contributed by atoms with Crippen molar-refractivity contribution in [1.29, 1.82) is 0 Å². The Morgan fingerprint density at radius 3 is 1.73 bits per heavy atom. The zero-order chi connectivity index (χ0) is 9.83. The van der Waals surface area contributed by atoms with Crippen molar-refractivity contribution in [2.24, 2.45) is 0 Å². The second-order valence-corrected chi connectivity index (χ2v) is 4.31. The van der Waals surface area contributed by atoms with Gasteiger partial charge in [0, 0.05) is 0 Å². The Hall–Kier alpha value is -1.82. The van der Waals surface area contributed by atoms with Crippen LogP contribution in [0.5, 0.6) is 0 Å². The summed E-state index contributed by atoms with van der Waals surface area (Å²) in [7, 11) is 0. The fourth-order valence-electron chi connectivity index (χ4n) is 2.69. The van der Waals surface area contributed by atoms with E-state index in [-0.39, 0.29) is 0 Å². The lowest BCUT2D eigenvalue weighted by molar-refractivity contribution is 1.25. The second kappa shape index (κ2) is 2.40. The lowest BCUT2D eigenvalue weighted by Crippen LogP contribution is -1.84. The molecule has 3 aromatic carbocycles. The van der Waals surface area contributed by atoms with Gasteiger partial charge in [-0.15, -0.1) is 0 Å². The summed E-state index contributed by atoms with van der Waals surface area (Å²) in [6.07, 6.45) is 1.08. The van der Waals surface area contributed by atoms with Gasteiger partial charge in [0.05, 0.1) is 0 Å². The Morgan fingerprint density at radius 2 is 1.20 bits per heavy atom. The molecule has 0 heteroatoms. The largest absolute Gasteiger partial charge is 0.0613 e. The Bertz CT molecular complexity index is 631. The first-order valence-electron chi connectivity index (χ1n) is 5.35. The minimum absolute atomic E-state index is 1.08. The molecule has 0 spiro atoms. The molecule has 0 nitrogen and oxygen atoms in total. The second-order valence-electron chi connectivity index (χ2n) is 4.31. The zero-order valence-corrected chi connectivity index (χ0v) is 8.33. The molecule has 6 bridgehead atoms. The van der Waals surface area contributed by atoms with Crippen LogP contribution < -0.4 is 0 Å². The minimum atomic E-state index is 1.08. The summed E-state index contributed by atoms with van der Waals surface area (Å²) in [6, 6.07) is 17.9. The van der Waals surface area contributed by atoms with E-state index in [1.165, 1.54) is 32.7 Å². The summed E-state index contributed by atoms with van der Waals surface area (Å²) in [6.45, 7) is 0. The molecule has 5 rings (SSSR count). The topological polar surface area (TPSA) is 0 Å². The van der Waals surface area contributed by atoms with Gasteiger partial charge in [-0.05, 0) is 51.2 Å². The Kier molecular flexibility index (Phi) is 1.20. The third kappa shape index (κ3) is 0.866. The van der Waals surface area contributed by atoms with Crippen molar-refractivity contribution in [1.82, 2.24) is 0 Å².